The van der Waals surface area contributed by atoms with Crippen molar-refractivity contribution in [3.63, 3.8) is 0 Å². The first-order valence-electron chi connectivity index (χ1n) is 11.4. The maximum atomic E-state index is 15.1. The predicted molar refractivity (Wildman–Crippen MR) is 132 cm³/mol. The van der Waals surface area contributed by atoms with Gasteiger partial charge in [-0.2, -0.15) is 0 Å². The standard InChI is InChI=1S/C27H25F3N2O3S/c28-22-9-5-4-8-21(22)27(32-26(36)31-25(34)18-6-2-1-3-7-18)14-20(13-19(27)15-33)35-16-17-10-11-23(29)24(30)12-17/h1-12,19-20,33H,13-16H2,(H2,31,32,34,36)/t19?,20-,27-/m0/s1. The molecule has 9 heteroatoms. The quantitative estimate of drug-likeness (QED) is 0.403. The smallest absolute Gasteiger partial charge is 0.257 e. The molecule has 3 aromatic carbocycles. The van der Waals surface area contributed by atoms with Crippen LogP contribution in [0.4, 0.5) is 13.2 Å². The van der Waals surface area contributed by atoms with Gasteiger partial charge in [0.25, 0.3) is 5.91 Å². The second-order valence-corrected chi connectivity index (χ2v) is 9.13. The zero-order chi connectivity index (χ0) is 25.7. The van der Waals surface area contributed by atoms with E-state index in [1.165, 1.54) is 12.1 Å². The fourth-order valence-electron chi connectivity index (χ4n) is 4.70. The third-order valence-corrected chi connectivity index (χ3v) is 6.64. The summed E-state index contributed by atoms with van der Waals surface area (Å²) in [5, 5.41) is 16.0. The van der Waals surface area contributed by atoms with E-state index in [2.05, 4.69) is 10.6 Å². The molecule has 3 atom stereocenters. The van der Waals surface area contributed by atoms with E-state index in [0.29, 0.717) is 17.5 Å². The minimum Gasteiger partial charge on any atom is -0.396 e. The molecule has 1 amide bonds. The van der Waals surface area contributed by atoms with Crippen molar-refractivity contribution in [2.24, 2.45) is 5.92 Å². The van der Waals surface area contributed by atoms with Crippen LogP contribution in [0.15, 0.2) is 72.8 Å². The summed E-state index contributed by atoms with van der Waals surface area (Å²) in [6.07, 6.45) is 0.0935. The second kappa shape index (κ2) is 11.2. The maximum Gasteiger partial charge on any atom is 0.257 e. The Balaban J connectivity index is 1.56. The van der Waals surface area contributed by atoms with Crippen molar-refractivity contribution >= 4 is 23.2 Å². The van der Waals surface area contributed by atoms with Gasteiger partial charge in [0.05, 0.1) is 18.2 Å². The van der Waals surface area contributed by atoms with E-state index in [0.717, 1.165) is 12.1 Å². The van der Waals surface area contributed by atoms with E-state index in [4.69, 9.17) is 17.0 Å². The number of ether oxygens (including phenoxy) is 1. The van der Waals surface area contributed by atoms with E-state index in [1.54, 1.807) is 48.5 Å². The number of aliphatic hydroxyl groups is 1. The van der Waals surface area contributed by atoms with Crippen molar-refractivity contribution in [1.82, 2.24) is 10.6 Å². The normalized spacial score (nSPS) is 21.2. The highest BCUT2D eigenvalue weighted by atomic mass is 32.1. The van der Waals surface area contributed by atoms with Crippen molar-refractivity contribution in [2.45, 2.75) is 31.1 Å². The Morgan fingerprint density at radius 2 is 1.72 bits per heavy atom. The zero-order valence-electron chi connectivity index (χ0n) is 19.2. The Hall–Kier alpha value is -3.27. The summed E-state index contributed by atoms with van der Waals surface area (Å²) in [4.78, 5) is 12.6. The van der Waals surface area contributed by atoms with Crippen LogP contribution in [-0.4, -0.2) is 28.8 Å². The Kier molecular flexibility index (Phi) is 8.03. The summed E-state index contributed by atoms with van der Waals surface area (Å²) in [5.41, 5.74) is -0.0601. The molecule has 36 heavy (non-hydrogen) atoms. The molecule has 0 aromatic heterocycles. The van der Waals surface area contributed by atoms with Crippen LogP contribution in [0.2, 0.25) is 0 Å². The first-order valence-corrected chi connectivity index (χ1v) is 11.8. The molecule has 1 aliphatic rings. The lowest BCUT2D eigenvalue weighted by molar-refractivity contribution is 0.0386. The molecule has 0 spiro atoms. The highest BCUT2D eigenvalue weighted by Crippen LogP contribution is 2.46. The number of carbonyl (C=O) groups excluding carboxylic acids is 1. The molecular formula is C27H25F3N2O3S. The molecule has 1 unspecified atom stereocenters. The lowest BCUT2D eigenvalue weighted by Crippen LogP contribution is -2.54. The van der Waals surface area contributed by atoms with Crippen LogP contribution in [0.1, 0.15) is 34.3 Å². The van der Waals surface area contributed by atoms with E-state index in [1.807, 2.05) is 0 Å². The monoisotopic (exact) mass is 514 g/mol. The van der Waals surface area contributed by atoms with E-state index < -0.39 is 40.9 Å². The van der Waals surface area contributed by atoms with Gasteiger partial charge in [-0.3, -0.25) is 10.1 Å². The third-order valence-electron chi connectivity index (χ3n) is 6.44. The Bertz CT molecular complexity index is 1240. The minimum absolute atomic E-state index is 0.00254. The summed E-state index contributed by atoms with van der Waals surface area (Å²) >= 11 is 5.42. The molecule has 0 heterocycles. The van der Waals surface area contributed by atoms with Crippen LogP contribution in [0.5, 0.6) is 0 Å². The second-order valence-electron chi connectivity index (χ2n) is 8.73. The molecule has 3 aromatic rings. The number of hydrogen-bond acceptors (Lipinski definition) is 4. The van der Waals surface area contributed by atoms with Gasteiger partial charge in [-0.25, -0.2) is 13.2 Å². The van der Waals surface area contributed by atoms with Crippen molar-refractivity contribution in [3.05, 3.63) is 107 Å². The average Bonchev–Trinajstić information content (AvgIpc) is 3.23. The molecule has 4 rings (SSSR count). The number of hydrogen-bond donors (Lipinski definition) is 3. The molecule has 0 bridgehead atoms. The van der Waals surface area contributed by atoms with E-state index in [-0.39, 0.29) is 30.3 Å². The van der Waals surface area contributed by atoms with E-state index in [9.17, 15) is 18.7 Å². The number of aliphatic hydroxyl groups excluding tert-OH is 1. The number of nitrogens with one attached hydrogen (secondary N) is 2. The van der Waals surface area contributed by atoms with Gasteiger partial charge in [-0.05, 0) is 54.5 Å². The Morgan fingerprint density at radius 1 is 1.00 bits per heavy atom. The SMILES string of the molecule is O=C(NC(=S)N[C@@]1(c2ccccc2F)C[C@@H](OCc2ccc(F)c(F)c2)CC1CO)c1ccccc1. The largest absolute Gasteiger partial charge is 0.396 e. The van der Waals surface area contributed by atoms with Crippen molar-refractivity contribution in [2.75, 3.05) is 6.61 Å². The molecule has 1 fully saturated rings. The number of rotatable bonds is 7. The predicted octanol–water partition coefficient (Wildman–Crippen LogP) is 4.59. The van der Waals surface area contributed by atoms with Crippen LogP contribution >= 0.6 is 12.2 Å². The van der Waals surface area contributed by atoms with Crippen LogP contribution in [0.3, 0.4) is 0 Å². The third kappa shape index (κ3) is 5.59. The maximum absolute atomic E-state index is 15.1. The molecule has 5 nitrogen and oxygen atoms in total. The molecule has 0 saturated heterocycles. The summed E-state index contributed by atoms with van der Waals surface area (Å²) < 4.78 is 47.9. The molecular weight excluding hydrogens is 489 g/mol. The highest BCUT2D eigenvalue weighted by Gasteiger charge is 2.50. The molecule has 3 N–H and O–H groups in total. The van der Waals surface area contributed by atoms with Gasteiger partial charge in [-0.1, -0.05) is 42.5 Å². The fraction of sp³-hybridized carbons (Fsp3) is 0.259. The highest BCUT2D eigenvalue weighted by molar-refractivity contribution is 7.80. The van der Waals surface area contributed by atoms with Gasteiger partial charge in [-0.15, -0.1) is 0 Å². The first-order chi connectivity index (χ1) is 17.3. The van der Waals surface area contributed by atoms with Crippen LogP contribution in [0.25, 0.3) is 0 Å². The summed E-state index contributed by atoms with van der Waals surface area (Å²) in [6, 6.07) is 18.2. The first kappa shape index (κ1) is 25.8. The zero-order valence-corrected chi connectivity index (χ0v) is 20.0. The molecule has 0 radical (unpaired) electrons. The summed E-state index contributed by atoms with van der Waals surface area (Å²) in [7, 11) is 0. The summed E-state index contributed by atoms with van der Waals surface area (Å²) in [6.45, 7) is -0.301. The van der Waals surface area contributed by atoms with Crippen molar-refractivity contribution in [3.8, 4) is 0 Å². The number of carbonyl (C=O) groups is 1. The lowest BCUT2D eigenvalue weighted by atomic mass is 9.80. The van der Waals surface area contributed by atoms with Gasteiger partial charge >= 0.3 is 0 Å². The van der Waals surface area contributed by atoms with Gasteiger partial charge < -0.3 is 15.2 Å². The number of thiocarbonyl (C=S) groups is 1. The Morgan fingerprint density at radius 3 is 2.42 bits per heavy atom. The van der Waals surface area contributed by atoms with Crippen molar-refractivity contribution in [1.29, 1.82) is 0 Å². The van der Waals surface area contributed by atoms with Crippen molar-refractivity contribution < 1.29 is 27.8 Å². The molecule has 188 valence electrons. The fourth-order valence-corrected chi connectivity index (χ4v) is 4.98. The van der Waals surface area contributed by atoms with Gasteiger partial charge in [0.1, 0.15) is 5.82 Å². The van der Waals surface area contributed by atoms with Crippen LogP contribution in [0, 0.1) is 23.4 Å². The Labute approximate surface area is 212 Å². The molecule has 1 saturated carbocycles. The van der Waals surface area contributed by atoms with E-state index >= 15 is 4.39 Å². The van der Waals surface area contributed by atoms with Gasteiger partial charge in [0.15, 0.2) is 16.7 Å². The number of halogens is 3. The van der Waals surface area contributed by atoms with Crippen LogP contribution in [-0.2, 0) is 16.9 Å². The molecule has 0 aliphatic heterocycles. The molecule has 1 aliphatic carbocycles. The number of benzene rings is 3. The van der Waals surface area contributed by atoms with Gasteiger partial charge in [0, 0.05) is 30.1 Å². The van der Waals surface area contributed by atoms with Crippen LogP contribution < -0.4 is 10.6 Å². The average molecular weight is 515 g/mol. The lowest BCUT2D eigenvalue weighted by Gasteiger charge is -2.37. The van der Waals surface area contributed by atoms with Gasteiger partial charge in [0.2, 0.25) is 0 Å². The summed E-state index contributed by atoms with van der Waals surface area (Å²) in [5.74, 6) is -3.37. The number of amides is 1. The topological polar surface area (TPSA) is 70.6 Å². The minimum atomic E-state index is -1.18.